The van der Waals surface area contributed by atoms with Crippen molar-refractivity contribution < 1.29 is 13.5 Å². The number of hydrogen-bond acceptors (Lipinski definition) is 4. The lowest BCUT2D eigenvalue weighted by atomic mass is 10.2. The minimum absolute atomic E-state index is 0.131. The summed E-state index contributed by atoms with van der Waals surface area (Å²) < 4.78 is 27.6. The molecule has 1 aromatic rings. The largest absolute Gasteiger partial charge is 0.395 e. The second kappa shape index (κ2) is 7.17. The van der Waals surface area contributed by atoms with Gasteiger partial charge in [-0.3, -0.25) is 0 Å². The van der Waals surface area contributed by atoms with Gasteiger partial charge in [-0.1, -0.05) is 0 Å². The van der Waals surface area contributed by atoms with E-state index in [4.69, 9.17) is 5.11 Å². The molecular formula is C13H19IN2O3S. The average Bonchev–Trinajstić information content (AvgIpc) is 2.92. The number of benzene rings is 1. The fourth-order valence-electron chi connectivity index (χ4n) is 2.34. The van der Waals surface area contributed by atoms with Crippen LogP contribution in [-0.4, -0.2) is 50.1 Å². The Morgan fingerprint density at radius 1 is 1.35 bits per heavy atom. The topological polar surface area (TPSA) is 69.6 Å². The zero-order valence-corrected chi connectivity index (χ0v) is 14.1. The maximum Gasteiger partial charge on any atom is 0.243 e. The highest BCUT2D eigenvalue weighted by Gasteiger charge is 2.27. The van der Waals surface area contributed by atoms with Crippen LogP contribution in [0.2, 0.25) is 0 Å². The Hall–Kier alpha value is -0.220. The van der Waals surface area contributed by atoms with Gasteiger partial charge in [-0.15, -0.1) is 0 Å². The summed E-state index contributed by atoms with van der Waals surface area (Å²) in [6.45, 7) is 1.30. The first kappa shape index (κ1) is 16.2. The normalized spacial score (nSPS) is 19.6. The van der Waals surface area contributed by atoms with Gasteiger partial charge in [0.25, 0.3) is 0 Å². The van der Waals surface area contributed by atoms with E-state index in [9.17, 15) is 8.42 Å². The SMILES string of the molecule is O=S(=O)(c1ccc(I)cc1)N(CCO)CC1CCCN1. The Labute approximate surface area is 133 Å². The monoisotopic (exact) mass is 410 g/mol. The molecule has 0 bridgehead atoms. The number of sulfonamides is 1. The summed E-state index contributed by atoms with van der Waals surface area (Å²) in [5.41, 5.74) is 0. The van der Waals surface area contributed by atoms with Crippen LogP contribution in [0.25, 0.3) is 0 Å². The Kier molecular flexibility index (Phi) is 5.79. The summed E-state index contributed by atoms with van der Waals surface area (Å²) >= 11 is 2.14. The van der Waals surface area contributed by atoms with Crippen molar-refractivity contribution in [1.29, 1.82) is 0 Å². The summed E-state index contributed by atoms with van der Waals surface area (Å²) in [6, 6.07) is 6.96. The molecule has 1 aliphatic heterocycles. The molecule has 1 atom stereocenters. The molecule has 1 aliphatic rings. The van der Waals surface area contributed by atoms with Crippen LogP contribution < -0.4 is 5.32 Å². The number of nitrogens with zero attached hydrogens (tertiary/aromatic N) is 1. The van der Waals surface area contributed by atoms with Crippen LogP contribution in [0.3, 0.4) is 0 Å². The van der Waals surface area contributed by atoms with Gasteiger partial charge in [0, 0.05) is 22.7 Å². The van der Waals surface area contributed by atoms with E-state index in [0.29, 0.717) is 6.54 Å². The molecule has 1 heterocycles. The van der Waals surface area contributed by atoms with E-state index < -0.39 is 10.0 Å². The maximum absolute atomic E-state index is 12.6. The Balaban J connectivity index is 2.19. The lowest BCUT2D eigenvalue weighted by Gasteiger charge is -2.24. The molecule has 7 heteroatoms. The van der Waals surface area contributed by atoms with Crippen molar-refractivity contribution >= 4 is 32.6 Å². The summed E-state index contributed by atoms with van der Waals surface area (Å²) in [5.74, 6) is 0. The molecule has 0 spiro atoms. The van der Waals surface area contributed by atoms with Crippen LogP contribution in [0.5, 0.6) is 0 Å². The van der Waals surface area contributed by atoms with E-state index in [-0.39, 0.29) is 24.1 Å². The van der Waals surface area contributed by atoms with Crippen molar-refractivity contribution in [3.63, 3.8) is 0 Å². The molecule has 1 aromatic carbocycles. The van der Waals surface area contributed by atoms with Gasteiger partial charge >= 0.3 is 0 Å². The molecule has 112 valence electrons. The minimum Gasteiger partial charge on any atom is -0.395 e. The fourth-order valence-corrected chi connectivity index (χ4v) is 4.17. The van der Waals surface area contributed by atoms with Gasteiger partial charge in [0.2, 0.25) is 10.0 Å². The highest BCUT2D eigenvalue weighted by molar-refractivity contribution is 14.1. The molecule has 0 saturated carbocycles. The predicted molar refractivity (Wildman–Crippen MR) is 86.0 cm³/mol. The number of rotatable bonds is 6. The van der Waals surface area contributed by atoms with E-state index in [1.165, 1.54) is 4.31 Å². The van der Waals surface area contributed by atoms with Crippen LogP contribution in [0, 0.1) is 3.57 Å². The molecule has 2 rings (SSSR count). The standard InChI is InChI=1S/C13H19IN2O3S/c14-11-3-5-13(6-4-11)20(18,19)16(8-9-17)10-12-2-1-7-15-12/h3-6,12,15,17H,1-2,7-10H2. The van der Waals surface area contributed by atoms with E-state index in [1.807, 2.05) is 0 Å². The Morgan fingerprint density at radius 2 is 2.05 bits per heavy atom. The highest BCUT2D eigenvalue weighted by atomic mass is 127. The molecule has 1 saturated heterocycles. The van der Waals surface area contributed by atoms with Crippen molar-refractivity contribution in [2.75, 3.05) is 26.2 Å². The minimum atomic E-state index is -3.54. The summed E-state index contributed by atoms with van der Waals surface area (Å²) in [6.07, 6.45) is 2.05. The van der Waals surface area contributed by atoms with E-state index in [0.717, 1.165) is 23.0 Å². The highest BCUT2D eigenvalue weighted by Crippen LogP contribution is 2.19. The van der Waals surface area contributed by atoms with Gasteiger partial charge in [-0.2, -0.15) is 4.31 Å². The van der Waals surface area contributed by atoms with Crippen molar-refractivity contribution in [1.82, 2.24) is 9.62 Å². The zero-order valence-electron chi connectivity index (χ0n) is 11.1. The molecule has 0 aromatic heterocycles. The third-order valence-electron chi connectivity index (χ3n) is 3.39. The molecular weight excluding hydrogens is 391 g/mol. The lowest BCUT2D eigenvalue weighted by molar-refractivity contribution is 0.246. The molecule has 1 fully saturated rings. The zero-order chi connectivity index (χ0) is 14.6. The van der Waals surface area contributed by atoms with Gasteiger partial charge in [0.05, 0.1) is 11.5 Å². The summed E-state index contributed by atoms with van der Waals surface area (Å²) in [7, 11) is -3.54. The lowest BCUT2D eigenvalue weighted by Crippen LogP contribution is -2.42. The second-order valence-electron chi connectivity index (χ2n) is 4.83. The van der Waals surface area contributed by atoms with Gasteiger partial charge < -0.3 is 10.4 Å². The number of nitrogens with one attached hydrogen (secondary N) is 1. The second-order valence-corrected chi connectivity index (χ2v) is 8.02. The summed E-state index contributed by atoms with van der Waals surface area (Å²) in [4.78, 5) is 0.282. The quantitative estimate of drug-likeness (QED) is 0.688. The molecule has 1 unspecified atom stereocenters. The molecule has 20 heavy (non-hydrogen) atoms. The maximum atomic E-state index is 12.6. The smallest absolute Gasteiger partial charge is 0.243 e. The van der Waals surface area contributed by atoms with Crippen LogP contribution >= 0.6 is 22.6 Å². The first-order valence-corrected chi connectivity index (χ1v) is 9.16. The third-order valence-corrected chi connectivity index (χ3v) is 5.99. The first-order chi connectivity index (χ1) is 9.54. The van der Waals surface area contributed by atoms with Crippen LogP contribution in [0.1, 0.15) is 12.8 Å². The van der Waals surface area contributed by atoms with E-state index >= 15 is 0 Å². The molecule has 2 N–H and O–H groups in total. The number of aliphatic hydroxyl groups excluding tert-OH is 1. The molecule has 0 aliphatic carbocycles. The van der Waals surface area contributed by atoms with E-state index in [2.05, 4.69) is 27.9 Å². The van der Waals surface area contributed by atoms with Gasteiger partial charge in [-0.05, 0) is 66.2 Å². The fraction of sp³-hybridized carbons (Fsp3) is 0.538. The molecule has 0 amide bonds. The number of aliphatic hydroxyl groups is 1. The number of hydrogen-bond donors (Lipinski definition) is 2. The average molecular weight is 410 g/mol. The predicted octanol–water partition coefficient (Wildman–Crippen LogP) is 1.03. The van der Waals surface area contributed by atoms with Crippen LogP contribution in [-0.2, 0) is 10.0 Å². The first-order valence-electron chi connectivity index (χ1n) is 6.64. The molecule has 0 radical (unpaired) electrons. The van der Waals surface area contributed by atoms with Crippen molar-refractivity contribution in [3.05, 3.63) is 27.8 Å². The van der Waals surface area contributed by atoms with Crippen molar-refractivity contribution in [2.45, 2.75) is 23.8 Å². The van der Waals surface area contributed by atoms with E-state index in [1.54, 1.807) is 24.3 Å². The van der Waals surface area contributed by atoms with Crippen molar-refractivity contribution in [2.24, 2.45) is 0 Å². The van der Waals surface area contributed by atoms with Crippen LogP contribution in [0.4, 0.5) is 0 Å². The van der Waals surface area contributed by atoms with Gasteiger partial charge in [-0.25, -0.2) is 8.42 Å². The summed E-state index contributed by atoms with van der Waals surface area (Å²) in [5, 5.41) is 12.4. The third kappa shape index (κ3) is 3.91. The Bertz CT molecular complexity index is 527. The van der Waals surface area contributed by atoms with Gasteiger partial charge in [0.1, 0.15) is 0 Å². The molecule has 5 nitrogen and oxygen atoms in total. The Morgan fingerprint density at radius 3 is 2.60 bits per heavy atom. The van der Waals surface area contributed by atoms with Crippen molar-refractivity contribution in [3.8, 4) is 0 Å². The van der Waals surface area contributed by atoms with Crippen LogP contribution in [0.15, 0.2) is 29.2 Å². The van der Waals surface area contributed by atoms with Gasteiger partial charge in [0.15, 0.2) is 0 Å². The number of halogens is 1.